The number of aliphatic carboxylic acids is 1. The first kappa shape index (κ1) is 12.4. The third-order valence-electron chi connectivity index (χ3n) is 2.42. The zero-order valence-electron chi connectivity index (χ0n) is 9.00. The highest BCUT2D eigenvalue weighted by Gasteiger charge is 2.21. The van der Waals surface area contributed by atoms with Crippen LogP contribution in [0.25, 0.3) is 0 Å². The fraction of sp³-hybridized carbons (Fsp3) is 0.900. The molecule has 0 radical (unpaired) electrons. The predicted molar refractivity (Wildman–Crippen MR) is 53.7 cm³/mol. The zero-order valence-corrected chi connectivity index (χ0v) is 9.00. The average molecular weight is 187 g/mol. The van der Waals surface area contributed by atoms with Crippen molar-refractivity contribution in [1.29, 1.82) is 0 Å². The summed E-state index contributed by atoms with van der Waals surface area (Å²) in [5.74, 6) is -0.783. The summed E-state index contributed by atoms with van der Waals surface area (Å²) in [5, 5.41) is 12.1. The van der Waals surface area contributed by atoms with Crippen LogP contribution in [0.1, 0.15) is 34.1 Å². The highest BCUT2D eigenvalue weighted by Crippen LogP contribution is 2.10. The fourth-order valence-corrected chi connectivity index (χ4v) is 1.08. The molecule has 0 amide bonds. The summed E-state index contributed by atoms with van der Waals surface area (Å²) in [5.41, 5.74) is 0. The summed E-state index contributed by atoms with van der Waals surface area (Å²) in [6.07, 6.45) is 1.03. The standard InChI is InChI=1S/C10H21NO2/c1-5-8(4)11-6-9(7(2)3)10(12)13/h7-9,11H,5-6H2,1-4H3,(H,12,13). The van der Waals surface area contributed by atoms with Gasteiger partial charge in [-0.3, -0.25) is 4.79 Å². The normalized spacial score (nSPS) is 15.8. The van der Waals surface area contributed by atoms with Crippen LogP contribution in [0, 0.1) is 11.8 Å². The van der Waals surface area contributed by atoms with Crippen LogP contribution in [-0.4, -0.2) is 23.7 Å². The molecule has 0 aromatic rings. The van der Waals surface area contributed by atoms with Gasteiger partial charge < -0.3 is 10.4 Å². The monoisotopic (exact) mass is 187 g/mol. The van der Waals surface area contributed by atoms with Crippen molar-refractivity contribution in [2.45, 2.75) is 40.2 Å². The Balaban J connectivity index is 3.90. The molecular weight excluding hydrogens is 166 g/mol. The second-order valence-corrected chi connectivity index (χ2v) is 3.91. The Morgan fingerprint density at radius 2 is 1.92 bits per heavy atom. The highest BCUT2D eigenvalue weighted by atomic mass is 16.4. The van der Waals surface area contributed by atoms with E-state index in [-0.39, 0.29) is 11.8 Å². The summed E-state index contributed by atoms with van der Waals surface area (Å²) >= 11 is 0. The van der Waals surface area contributed by atoms with Gasteiger partial charge in [-0.25, -0.2) is 0 Å². The van der Waals surface area contributed by atoms with Gasteiger partial charge in [-0.15, -0.1) is 0 Å². The molecule has 0 rings (SSSR count). The third kappa shape index (κ3) is 4.88. The summed E-state index contributed by atoms with van der Waals surface area (Å²) < 4.78 is 0. The summed E-state index contributed by atoms with van der Waals surface area (Å²) in [6.45, 7) is 8.61. The van der Waals surface area contributed by atoms with Crippen LogP contribution < -0.4 is 5.32 Å². The topological polar surface area (TPSA) is 49.3 Å². The van der Waals surface area contributed by atoms with Crippen molar-refractivity contribution >= 4 is 5.97 Å². The van der Waals surface area contributed by atoms with Gasteiger partial charge in [0, 0.05) is 12.6 Å². The smallest absolute Gasteiger partial charge is 0.308 e. The molecule has 0 saturated heterocycles. The Bertz CT molecular complexity index is 157. The number of hydrogen-bond donors (Lipinski definition) is 2. The third-order valence-corrected chi connectivity index (χ3v) is 2.42. The second-order valence-electron chi connectivity index (χ2n) is 3.91. The lowest BCUT2D eigenvalue weighted by Crippen LogP contribution is -2.36. The van der Waals surface area contributed by atoms with E-state index in [4.69, 9.17) is 5.11 Å². The van der Waals surface area contributed by atoms with Crippen LogP contribution in [0.15, 0.2) is 0 Å². The molecule has 0 saturated carbocycles. The van der Waals surface area contributed by atoms with Crippen molar-refractivity contribution in [3.05, 3.63) is 0 Å². The van der Waals surface area contributed by atoms with E-state index in [9.17, 15) is 4.79 Å². The van der Waals surface area contributed by atoms with Gasteiger partial charge in [-0.05, 0) is 19.3 Å². The molecule has 2 unspecified atom stereocenters. The van der Waals surface area contributed by atoms with E-state index in [1.54, 1.807) is 0 Å². The van der Waals surface area contributed by atoms with Crippen molar-refractivity contribution in [1.82, 2.24) is 5.32 Å². The minimum absolute atomic E-state index is 0.189. The molecule has 2 atom stereocenters. The molecular formula is C10H21NO2. The van der Waals surface area contributed by atoms with Gasteiger partial charge in [0.2, 0.25) is 0 Å². The molecule has 0 aliphatic rings. The first-order valence-corrected chi connectivity index (χ1v) is 4.95. The van der Waals surface area contributed by atoms with Crippen molar-refractivity contribution in [2.24, 2.45) is 11.8 Å². The van der Waals surface area contributed by atoms with Gasteiger partial charge in [-0.2, -0.15) is 0 Å². The molecule has 0 fully saturated rings. The maximum Gasteiger partial charge on any atom is 0.308 e. The number of carboxylic acid groups (broad SMARTS) is 1. The number of carbonyl (C=O) groups is 1. The molecule has 0 heterocycles. The van der Waals surface area contributed by atoms with Crippen LogP contribution in [-0.2, 0) is 4.79 Å². The van der Waals surface area contributed by atoms with Crippen LogP contribution in [0.4, 0.5) is 0 Å². The summed E-state index contributed by atoms with van der Waals surface area (Å²) in [4.78, 5) is 10.8. The molecule has 0 aliphatic heterocycles. The van der Waals surface area contributed by atoms with E-state index < -0.39 is 5.97 Å². The maximum atomic E-state index is 10.8. The molecule has 3 heteroatoms. The number of carboxylic acids is 1. The molecule has 0 spiro atoms. The lowest BCUT2D eigenvalue weighted by molar-refractivity contribution is -0.143. The minimum Gasteiger partial charge on any atom is -0.481 e. The van der Waals surface area contributed by atoms with Crippen molar-refractivity contribution in [2.75, 3.05) is 6.54 Å². The molecule has 0 aromatic heterocycles. The van der Waals surface area contributed by atoms with Crippen molar-refractivity contribution < 1.29 is 9.90 Å². The Morgan fingerprint density at radius 1 is 1.38 bits per heavy atom. The highest BCUT2D eigenvalue weighted by molar-refractivity contribution is 5.70. The quantitative estimate of drug-likeness (QED) is 0.665. The molecule has 0 aliphatic carbocycles. The molecule has 3 nitrogen and oxygen atoms in total. The molecule has 78 valence electrons. The molecule has 13 heavy (non-hydrogen) atoms. The number of rotatable bonds is 6. The zero-order chi connectivity index (χ0) is 10.4. The van der Waals surface area contributed by atoms with Gasteiger partial charge >= 0.3 is 5.97 Å². The van der Waals surface area contributed by atoms with Crippen LogP contribution in [0.5, 0.6) is 0 Å². The Kier molecular flexibility index (Phi) is 5.71. The van der Waals surface area contributed by atoms with E-state index in [1.165, 1.54) is 0 Å². The average Bonchev–Trinajstić information content (AvgIpc) is 2.03. The largest absolute Gasteiger partial charge is 0.481 e. The van der Waals surface area contributed by atoms with Crippen molar-refractivity contribution in [3.8, 4) is 0 Å². The fourth-order valence-electron chi connectivity index (χ4n) is 1.08. The predicted octanol–water partition coefficient (Wildman–Crippen LogP) is 1.73. The van der Waals surface area contributed by atoms with Gasteiger partial charge in [0.25, 0.3) is 0 Å². The van der Waals surface area contributed by atoms with Crippen LogP contribution >= 0.6 is 0 Å². The SMILES string of the molecule is CCC(C)NCC(C(=O)O)C(C)C. The van der Waals surface area contributed by atoms with Gasteiger partial charge in [-0.1, -0.05) is 20.8 Å². The maximum absolute atomic E-state index is 10.8. The van der Waals surface area contributed by atoms with E-state index in [0.29, 0.717) is 12.6 Å². The molecule has 2 N–H and O–H groups in total. The van der Waals surface area contributed by atoms with Gasteiger partial charge in [0.1, 0.15) is 0 Å². The summed E-state index contributed by atoms with van der Waals surface area (Å²) in [6, 6.07) is 0.403. The van der Waals surface area contributed by atoms with Gasteiger partial charge in [0.05, 0.1) is 5.92 Å². The van der Waals surface area contributed by atoms with Crippen LogP contribution in [0.2, 0.25) is 0 Å². The van der Waals surface area contributed by atoms with Crippen LogP contribution in [0.3, 0.4) is 0 Å². The Labute approximate surface area is 80.5 Å². The van der Waals surface area contributed by atoms with E-state index in [1.807, 2.05) is 13.8 Å². The first-order valence-electron chi connectivity index (χ1n) is 4.95. The number of hydrogen-bond acceptors (Lipinski definition) is 2. The van der Waals surface area contributed by atoms with E-state index in [0.717, 1.165) is 6.42 Å². The minimum atomic E-state index is -0.703. The lowest BCUT2D eigenvalue weighted by atomic mass is 9.96. The van der Waals surface area contributed by atoms with E-state index >= 15 is 0 Å². The Hall–Kier alpha value is -0.570. The van der Waals surface area contributed by atoms with Gasteiger partial charge in [0.15, 0.2) is 0 Å². The second kappa shape index (κ2) is 5.97. The molecule has 0 bridgehead atoms. The Morgan fingerprint density at radius 3 is 2.23 bits per heavy atom. The van der Waals surface area contributed by atoms with E-state index in [2.05, 4.69) is 19.2 Å². The molecule has 0 aromatic carbocycles. The summed E-state index contributed by atoms with van der Waals surface area (Å²) in [7, 11) is 0. The first-order chi connectivity index (χ1) is 5.99. The number of nitrogens with one attached hydrogen (secondary N) is 1. The van der Waals surface area contributed by atoms with Crippen molar-refractivity contribution in [3.63, 3.8) is 0 Å². The lowest BCUT2D eigenvalue weighted by Gasteiger charge is -2.19.